The van der Waals surface area contributed by atoms with Crippen molar-refractivity contribution < 1.29 is 0 Å². The molecular formula is C22H32. The summed E-state index contributed by atoms with van der Waals surface area (Å²) < 4.78 is 0. The summed E-state index contributed by atoms with van der Waals surface area (Å²) in [6.45, 7) is 9.03. The van der Waals surface area contributed by atoms with E-state index in [2.05, 4.69) is 88.4 Å². The quantitative estimate of drug-likeness (QED) is 0.514. The molecule has 0 aliphatic carbocycles. The first-order valence-electron chi connectivity index (χ1n) is 8.69. The number of benzene rings is 2. The fourth-order valence-corrected chi connectivity index (χ4v) is 2.32. The molecule has 0 unspecified atom stereocenters. The van der Waals surface area contributed by atoms with Crippen molar-refractivity contribution in [3.63, 3.8) is 0 Å². The number of aryl methyl sites for hydroxylation is 1. The van der Waals surface area contributed by atoms with E-state index in [0.717, 1.165) is 0 Å². The Balaban J connectivity index is 0.000000220. The van der Waals surface area contributed by atoms with Gasteiger partial charge >= 0.3 is 0 Å². The largest absolute Gasteiger partial charge is 0.0654 e. The Morgan fingerprint density at radius 3 is 1.77 bits per heavy atom. The lowest BCUT2D eigenvalue weighted by atomic mass is 9.82. The second-order valence-electron chi connectivity index (χ2n) is 6.55. The Morgan fingerprint density at radius 1 is 0.727 bits per heavy atom. The van der Waals surface area contributed by atoms with Crippen LogP contribution in [0.15, 0.2) is 60.7 Å². The zero-order valence-electron chi connectivity index (χ0n) is 14.8. The van der Waals surface area contributed by atoms with Crippen LogP contribution in [-0.2, 0) is 11.8 Å². The van der Waals surface area contributed by atoms with Crippen molar-refractivity contribution in [2.75, 3.05) is 0 Å². The molecule has 0 N–H and O–H groups in total. The molecule has 2 rings (SSSR count). The van der Waals surface area contributed by atoms with Crippen LogP contribution in [-0.4, -0.2) is 0 Å². The summed E-state index contributed by atoms with van der Waals surface area (Å²) >= 11 is 0. The van der Waals surface area contributed by atoms with Crippen LogP contribution in [0.2, 0.25) is 0 Å². The van der Waals surface area contributed by atoms with E-state index in [1.165, 1.54) is 43.2 Å². The summed E-state index contributed by atoms with van der Waals surface area (Å²) in [7, 11) is 0. The average Bonchev–Trinajstić information content (AvgIpc) is 2.57. The zero-order chi connectivity index (χ0) is 16.3. The third-order valence-electron chi connectivity index (χ3n) is 4.35. The smallest absolute Gasteiger partial charge is 0.0106 e. The van der Waals surface area contributed by atoms with Gasteiger partial charge in [-0.15, -0.1) is 0 Å². The summed E-state index contributed by atoms with van der Waals surface area (Å²) in [5, 5.41) is 0. The molecule has 0 heteroatoms. The molecule has 0 amide bonds. The Bertz CT molecular complexity index is 482. The van der Waals surface area contributed by atoms with E-state index < -0.39 is 0 Å². The topological polar surface area (TPSA) is 0 Å². The molecule has 2 aromatic rings. The summed E-state index contributed by atoms with van der Waals surface area (Å²) in [6.07, 6.45) is 6.44. The first-order valence-corrected chi connectivity index (χ1v) is 8.69. The first-order chi connectivity index (χ1) is 10.6. The molecule has 0 aliphatic heterocycles. The van der Waals surface area contributed by atoms with Crippen molar-refractivity contribution in [2.24, 2.45) is 0 Å². The number of hydrogen-bond donors (Lipinski definition) is 0. The number of hydrogen-bond acceptors (Lipinski definition) is 0. The minimum atomic E-state index is 0.335. The molecule has 0 spiro atoms. The lowest BCUT2D eigenvalue weighted by Gasteiger charge is -2.22. The molecule has 0 bridgehead atoms. The average molecular weight is 296 g/mol. The maximum atomic E-state index is 2.28. The fraction of sp³-hybridized carbons (Fsp3) is 0.455. The van der Waals surface area contributed by atoms with E-state index in [-0.39, 0.29) is 0 Å². The van der Waals surface area contributed by atoms with E-state index in [4.69, 9.17) is 0 Å². The van der Waals surface area contributed by atoms with Gasteiger partial charge in [-0.05, 0) is 35.8 Å². The van der Waals surface area contributed by atoms with E-state index in [0.29, 0.717) is 5.41 Å². The van der Waals surface area contributed by atoms with Gasteiger partial charge < -0.3 is 0 Å². The van der Waals surface area contributed by atoms with Crippen LogP contribution < -0.4 is 0 Å². The molecule has 0 saturated heterocycles. The standard InChI is InChI=1S/2C11H16/c1-4-11(2,3)10-8-6-5-7-9-10;1-2-3-5-8-11-9-6-4-7-10-11/h5-9H,4H2,1-3H3;4,6-7,9-10H,2-3,5,8H2,1H3. The highest BCUT2D eigenvalue weighted by atomic mass is 14.2. The molecule has 0 aromatic heterocycles. The third-order valence-corrected chi connectivity index (χ3v) is 4.35. The maximum Gasteiger partial charge on any atom is -0.0106 e. The third kappa shape index (κ3) is 6.93. The molecule has 0 aliphatic rings. The molecular weight excluding hydrogens is 264 g/mol. The highest BCUT2D eigenvalue weighted by Crippen LogP contribution is 2.25. The zero-order valence-corrected chi connectivity index (χ0v) is 14.8. The Hall–Kier alpha value is -1.56. The van der Waals surface area contributed by atoms with Gasteiger partial charge in [0.05, 0.1) is 0 Å². The molecule has 0 heterocycles. The van der Waals surface area contributed by atoms with Crippen LogP contribution in [0, 0.1) is 0 Å². The molecule has 0 saturated carbocycles. The van der Waals surface area contributed by atoms with E-state index in [1.807, 2.05) is 0 Å². The van der Waals surface area contributed by atoms with Crippen molar-refractivity contribution in [2.45, 2.75) is 65.2 Å². The summed E-state index contributed by atoms with van der Waals surface area (Å²) in [5.41, 5.74) is 3.24. The summed E-state index contributed by atoms with van der Waals surface area (Å²) in [6, 6.07) is 21.4. The van der Waals surface area contributed by atoms with Gasteiger partial charge in [-0.3, -0.25) is 0 Å². The molecule has 0 nitrogen and oxygen atoms in total. The first kappa shape index (κ1) is 18.5. The van der Waals surface area contributed by atoms with E-state index in [1.54, 1.807) is 0 Å². The van der Waals surface area contributed by atoms with Crippen molar-refractivity contribution >= 4 is 0 Å². The highest BCUT2D eigenvalue weighted by Gasteiger charge is 2.16. The van der Waals surface area contributed by atoms with E-state index in [9.17, 15) is 0 Å². The van der Waals surface area contributed by atoms with Gasteiger partial charge in [0.2, 0.25) is 0 Å². The van der Waals surface area contributed by atoms with Gasteiger partial charge in [0.1, 0.15) is 0 Å². The van der Waals surface area contributed by atoms with Crippen LogP contribution in [0.1, 0.15) is 64.5 Å². The second-order valence-corrected chi connectivity index (χ2v) is 6.55. The monoisotopic (exact) mass is 296 g/mol. The minimum absolute atomic E-state index is 0.335. The fourth-order valence-electron chi connectivity index (χ4n) is 2.32. The predicted octanol–water partition coefficient (Wildman–Crippen LogP) is 6.79. The van der Waals surface area contributed by atoms with Gasteiger partial charge in [-0.2, -0.15) is 0 Å². The normalized spacial score (nSPS) is 10.7. The Kier molecular flexibility index (Phi) is 8.58. The minimum Gasteiger partial charge on any atom is -0.0654 e. The van der Waals surface area contributed by atoms with Crippen molar-refractivity contribution in [3.05, 3.63) is 71.8 Å². The van der Waals surface area contributed by atoms with Crippen LogP contribution in [0.3, 0.4) is 0 Å². The molecule has 120 valence electrons. The maximum absolute atomic E-state index is 2.28. The van der Waals surface area contributed by atoms with Gasteiger partial charge in [-0.25, -0.2) is 0 Å². The SMILES string of the molecule is CCC(C)(C)c1ccccc1.CCCCCc1ccccc1. The lowest BCUT2D eigenvalue weighted by Crippen LogP contribution is -2.14. The Morgan fingerprint density at radius 2 is 1.27 bits per heavy atom. The Labute approximate surface area is 137 Å². The van der Waals surface area contributed by atoms with Crippen LogP contribution in [0.4, 0.5) is 0 Å². The number of unbranched alkanes of at least 4 members (excludes halogenated alkanes) is 2. The van der Waals surface area contributed by atoms with Crippen LogP contribution in [0.25, 0.3) is 0 Å². The predicted molar refractivity (Wildman–Crippen MR) is 99.4 cm³/mol. The van der Waals surface area contributed by atoms with Crippen molar-refractivity contribution in [3.8, 4) is 0 Å². The molecule has 22 heavy (non-hydrogen) atoms. The van der Waals surface area contributed by atoms with Gasteiger partial charge in [0.25, 0.3) is 0 Å². The van der Waals surface area contributed by atoms with Crippen LogP contribution >= 0.6 is 0 Å². The van der Waals surface area contributed by atoms with Crippen molar-refractivity contribution in [1.82, 2.24) is 0 Å². The van der Waals surface area contributed by atoms with Crippen molar-refractivity contribution in [1.29, 1.82) is 0 Å². The molecule has 0 radical (unpaired) electrons. The van der Waals surface area contributed by atoms with Crippen LogP contribution in [0.5, 0.6) is 0 Å². The lowest BCUT2D eigenvalue weighted by molar-refractivity contribution is 0.506. The summed E-state index contributed by atoms with van der Waals surface area (Å²) in [5.74, 6) is 0. The van der Waals surface area contributed by atoms with Gasteiger partial charge in [-0.1, -0.05) is 101 Å². The van der Waals surface area contributed by atoms with Gasteiger partial charge in [0, 0.05) is 0 Å². The molecule has 2 aromatic carbocycles. The number of rotatable bonds is 6. The van der Waals surface area contributed by atoms with Gasteiger partial charge in [0.15, 0.2) is 0 Å². The molecule has 0 atom stereocenters. The summed E-state index contributed by atoms with van der Waals surface area (Å²) in [4.78, 5) is 0. The van der Waals surface area contributed by atoms with E-state index >= 15 is 0 Å². The second kappa shape index (κ2) is 10.2. The molecule has 0 fully saturated rings. The highest BCUT2D eigenvalue weighted by molar-refractivity contribution is 5.22.